The highest BCUT2D eigenvalue weighted by Crippen LogP contribution is 2.18. The maximum Gasteiger partial charge on any atom is 0.328 e. The minimum Gasteiger partial charge on any atom is -0.334 e. The number of nitrogens with one attached hydrogen (secondary N) is 2. The average Bonchev–Trinajstić information content (AvgIpc) is 2.60. The van der Waals surface area contributed by atoms with Gasteiger partial charge in [-0.25, -0.2) is 9.59 Å². The van der Waals surface area contributed by atoms with Crippen LogP contribution in [0, 0.1) is 0 Å². The molecule has 7 heteroatoms. The molecule has 0 saturated carbocycles. The SMILES string of the molecule is CC(C)n1cc(CNC(=O)N2CCc3ccccc3C2)c(=O)[nH]c1=O. The molecule has 25 heavy (non-hydrogen) atoms. The highest BCUT2D eigenvalue weighted by atomic mass is 16.2. The van der Waals surface area contributed by atoms with Crippen LogP contribution < -0.4 is 16.6 Å². The first kappa shape index (κ1) is 17.0. The second-order valence-electron chi connectivity index (χ2n) is 6.51. The van der Waals surface area contributed by atoms with Gasteiger partial charge in [0, 0.05) is 25.3 Å². The summed E-state index contributed by atoms with van der Waals surface area (Å²) in [5.74, 6) is 0. The maximum atomic E-state index is 12.4. The number of H-pyrrole nitrogens is 1. The second kappa shape index (κ2) is 6.96. The largest absolute Gasteiger partial charge is 0.334 e. The molecule has 7 nitrogen and oxygen atoms in total. The van der Waals surface area contributed by atoms with Crippen molar-refractivity contribution in [3.63, 3.8) is 0 Å². The lowest BCUT2D eigenvalue weighted by Crippen LogP contribution is -2.43. The van der Waals surface area contributed by atoms with Gasteiger partial charge in [-0.2, -0.15) is 0 Å². The predicted molar refractivity (Wildman–Crippen MR) is 94.5 cm³/mol. The molecule has 0 fully saturated rings. The molecule has 0 spiro atoms. The van der Waals surface area contributed by atoms with Gasteiger partial charge in [-0.3, -0.25) is 14.3 Å². The third kappa shape index (κ3) is 3.65. The lowest BCUT2D eigenvalue weighted by molar-refractivity contribution is 0.192. The molecule has 2 aromatic rings. The number of nitrogens with zero attached hydrogens (tertiary/aromatic N) is 2. The number of aromatic nitrogens is 2. The Morgan fingerprint density at radius 3 is 2.68 bits per heavy atom. The van der Waals surface area contributed by atoms with Crippen molar-refractivity contribution in [1.82, 2.24) is 19.8 Å². The van der Waals surface area contributed by atoms with Crippen LogP contribution in [0.25, 0.3) is 0 Å². The number of benzene rings is 1. The van der Waals surface area contributed by atoms with Crippen LogP contribution in [0.3, 0.4) is 0 Å². The van der Waals surface area contributed by atoms with Gasteiger partial charge >= 0.3 is 11.7 Å². The summed E-state index contributed by atoms with van der Waals surface area (Å²) in [7, 11) is 0. The van der Waals surface area contributed by atoms with E-state index in [0.29, 0.717) is 18.7 Å². The molecule has 0 aliphatic carbocycles. The summed E-state index contributed by atoms with van der Waals surface area (Å²) < 4.78 is 1.44. The van der Waals surface area contributed by atoms with Crippen LogP contribution >= 0.6 is 0 Å². The minimum atomic E-state index is -0.466. The molecule has 2 N–H and O–H groups in total. The molecule has 0 bridgehead atoms. The molecule has 1 aromatic carbocycles. The molecule has 0 saturated heterocycles. The van der Waals surface area contributed by atoms with Crippen LogP contribution in [-0.2, 0) is 19.5 Å². The summed E-state index contributed by atoms with van der Waals surface area (Å²) in [6.07, 6.45) is 2.33. The molecule has 2 amide bonds. The number of rotatable bonds is 3. The lowest BCUT2D eigenvalue weighted by Gasteiger charge is -2.29. The molecule has 0 radical (unpaired) electrons. The Bertz CT molecular complexity index is 898. The van der Waals surface area contributed by atoms with E-state index in [1.54, 1.807) is 4.90 Å². The number of urea groups is 1. The molecule has 2 heterocycles. The molecule has 3 rings (SSSR count). The van der Waals surface area contributed by atoms with E-state index >= 15 is 0 Å². The fourth-order valence-corrected chi connectivity index (χ4v) is 2.99. The normalized spacial score (nSPS) is 13.6. The van der Waals surface area contributed by atoms with Gasteiger partial charge in [0.05, 0.1) is 12.1 Å². The first-order valence-electron chi connectivity index (χ1n) is 8.39. The number of aromatic amines is 1. The average molecular weight is 342 g/mol. The van der Waals surface area contributed by atoms with Gasteiger partial charge in [0.2, 0.25) is 0 Å². The van der Waals surface area contributed by atoms with E-state index in [9.17, 15) is 14.4 Å². The molecule has 0 unspecified atom stereocenters. The predicted octanol–water partition coefficient (Wildman–Crippen LogP) is 1.39. The van der Waals surface area contributed by atoms with E-state index < -0.39 is 11.2 Å². The highest BCUT2D eigenvalue weighted by molar-refractivity contribution is 5.74. The Labute approximate surface area is 145 Å². The van der Waals surface area contributed by atoms with E-state index in [1.165, 1.54) is 16.3 Å². The molecular weight excluding hydrogens is 320 g/mol. The first-order valence-corrected chi connectivity index (χ1v) is 8.39. The van der Waals surface area contributed by atoms with Gasteiger partial charge in [0.25, 0.3) is 5.56 Å². The third-order valence-electron chi connectivity index (χ3n) is 4.45. The van der Waals surface area contributed by atoms with Crippen molar-refractivity contribution >= 4 is 6.03 Å². The smallest absolute Gasteiger partial charge is 0.328 e. The number of fused-ring (bicyclic) bond motifs is 1. The topological polar surface area (TPSA) is 87.2 Å². The van der Waals surface area contributed by atoms with E-state index in [0.717, 1.165) is 12.0 Å². The van der Waals surface area contributed by atoms with Gasteiger partial charge in [0.1, 0.15) is 0 Å². The van der Waals surface area contributed by atoms with E-state index in [2.05, 4.69) is 16.4 Å². The molecular formula is C18H22N4O3. The van der Waals surface area contributed by atoms with Gasteiger partial charge < -0.3 is 10.2 Å². The summed E-state index contributed by atoms with van der Waals surface area (Å²) in [4.78, 5) is 40.1. The molecule has 1 aromatic heterocycles. The Morgan fingerprint density at radius 1 is 1.24 bits per heavy atom. The first-order chi connectivity index (χ1) is 12.0. The maximum absolute atomic E-state index is 12.4. The summed E-state index contributed by atoms with van der Waals surface area (Å²) in [6, 6.07) is 7.80. The van der Waals surface area contributed by atoms with Crippen molar-refractivity contribution in [1.29, 1.82) is 0 Å². The Kier molecular flexibility index (Phi) is 4.74. The summed E-state index contributed by atoms with van der Waals surface area (Å²) in [5.41, 5.74) is 1.87. The van der Waals surface area contributed by atoms with E-state index in [4.69, 9.17) is 0 Å². The van der Waals surface area contributed by atoms with E-state index in [1.807, 2.05) is 32.0 Å². The van der Waals surface area contributed by atoms with Gasteiger partial charge in [-0.05, 0) is 31.4 Å². The fourth-order valence-electron chi connectivity index (χ4n) is 2.99. The Hall–Kier alpha value is -2.83. The van der Waals surface area contributed by atoms with Crippen LogP contribution in [0.1, 0.15) is 36.6 Å². The van der Waals surface area contributed by atoms with Crippen LogP contribution in [0.15, 0.2) is 40.1 Å². The number of hydrogen-bond acceptors (Lipinski definition) is 3. The number of carbonyl (C=O) groups is 1. The highest BCUT2D eigenvalue weighted by Gasteiger charge is 2.20. The van der Waals surface area contributed by atoms with Crippen LogP contribution in [0.4, 0.5) is 4.79 Å². The zero-order valence-corrected chi connectivity index (χ0v) is 14.4. The quantitative estimate of drug-likeness (QED) is 0.883. The van der Waals surface area contributed by atoms with Crippen LogP contribution in [-0.4, -0.2) is 27.0 Å². The van der Waals surface area contributed by atoms with Crippen LogP contribution in [0.5, 0.6) is 0 Å². The number of hydrogen-bond donors (Lipinski definition) is 2. The fraction of sp³-hybridized carbons (Fsp3) is 0.389. The summed E-state index contributed by atoms with van der Waals surface area (Å²) in [6.45, 7) is 4.99. The molecule has 132 valence electrons. The number of carbonyl (C=O) groups excluding carboxylic acids is 1. The van der Waals surface area contributed by atoms with Crippen molar-refractivity contribution in [2.75, 3.05) is 6.54 Å². The zero-order valence-electron chi connectivity index (χ0n) is 14.4. The molecule has 1 aliphatic heterocycles. The third-order valence-corrected chi connectivity index (χ3v) is 4.45. The second-order valence-corrected chi connectivity index (χ2v) is 6.51. The van der Waals surface area contributed by atoms with Crippen molar-refractivity contribution in [3.05, 3.63) is 68.0 Å². The molecule has 1 aliphatic rings. The van der Waals surface area contributed by atoms with Gasteiger partial charge in [-0.1, -0.05) is 24.3 Å². The zero-order chi connectivity index (χ0) is 18.0. The van der Waals surface area contributed by atoms with Gasteiger partial charge in [0.15, 0.2) is 0 Å². The standard InChI is InChI=1S/C18H22N4O3/c1-12(2)22-11-15(16(23)20-18(22)25)9-19-17(24)21-8-7-13-5-3-4-6-14(13)10-21/h3-6,11-12H,7-10H2,1-2H3,(H,19,24)(H,20,23,25). The summed E-state index contributed by atoms with van der Waals surface area (Å²) >= 11 is 0. The van der Waals surface area contributed by atoms with Crippen molar-refractivity contribution in [2.24, 2.45) is 0 Å². The Balaban J connectivity index is 1.68. The minimum absolute atomic E-state index is 0.0719. The van der Waals surface area contributed by atoms with Crippen molar-refractivity contribution in [3.8, 4) is 0 Å². The van der Waals surface area contributed by atoms with Gasteiger partial charge in [-0.15, -0.1) is 0 Å². The van der Waals surface area contributed by atoms with Crippen molar-refractivity contribution < 1.29 is 4.79 Å². The van der Waals surface area contributed by atoms with Crippen molar-refractivity contribution in [2.45, 2.75) is 39.4 Å². The van der Waals surface area contributed by atoms with Crippen LogP contribution in [0.2, 0.25) is 0 Å². The monoisotopic (exact) mass is 342 g/mol. The lowest BCUT2D eigenvalue weighted by atomic mass is 10.0. The summed E-state index contributed by atoms with van der Waals surface area (Å²) in [5, 5.41) is 2.78. The Morgan fingerprint density at radius 2 is 1.96 bits per heavy atom. The number of amides is 2. The van der Waals surface area contributed by atoms with E-state index in [-0.39, 0.29) is 18.6 Å². The molecule has 0 atom stereocenters.